The summed E-state index contributed by atoms with van der Waals surface area (Å²) in [5.74, 6) is 0. The van der Waals surface area contributed by atoms with E-state index in [1.165, 1.54) is 0 Å². The molecule has 1 aromatic heterocycles. The molecule has 6 nitrogen and oxygen atoms in total. The van der Waals surface area contributed by atoms with Crippen LogP contribution in [0.5, 0.6) is 0 Å². The van der Waals surface area contributed by atoms with Crippen molar-refractivity contribution in [3.63, 3.8) is 0 Å². The van der Waals surface area contributed by atoms with E-state index in [1.54, 1.807) is 30.5 Å². The molecule has 0 unspecified atom stereocenters. The van der Waals surface area contributed by atoms with E-state index in [9.17, 15) is 8.42 Å². The number of aromatic amines is 1. The monoisotopic (exact) mass is 292 g/mol. The minimum atomic E-state index is -3.64. The van der Waals surface area contributed by atoms with Crippen LogP contribution in [0, 0.1) is 0 Å². The molecule has 3 rings (SSSR count). The average Bonchev–Trinajstić information content (AvgIpc) is 3.13. The summed E-state index contributed by atoms with van der Waals surface area (Å²) < 4.78 is 27.2. The summed E-state index contributed by atoms with van der Waals surface area (Å²) in [5, 5.41) is 9.82. The number of rotatable bonds is 6. The van der Waals surface area contributed by atoms with Crippen molar-refractivity contribution in [2.75, 3.05) is 4.72 Å². The van der Waals surface area contributed by atoms with E-state index in [4.69, 9.17) is 0 Å². The van der Waals surface area contributed by atoms with Crippen LogP contribution in [0.15, 0.2) is 41.6 Å². The lowest BCUT2D eigenvalue weighted by molar-refractivity contribution is 0.593. The zero-order valence-electron chi connectivity index (χ0n) is 10.8. The number of sulfonamides is 1. The number of H-pyrrole nitrogens is 1. The first kappa shape index (κ1) is 13.1. The van der Waals surface area contributed by atoms with Crippen LogP contribution in [0.2, 0.25) is 0 Å². The maximum atomic E-state index is 12.3. The summed E-state index contributed by atoms with van der Waals surface area (Å²) in [6, 6.07) is 9.31. The third-order valence-electron chi connectivity index (χ3n) is 3.13. The van der Waals surface area contributed by atoms with Gasteiger partial charge < -0.3 is 5.32 Å². The van der Waals surface area contributed by atoms with Crippen LogP contribution in [0.25, 0.3) is 0 Å². The second kappa shape index (κ2) is 5.26. The molecule has 0 atom stereocenters. The summed E-state index contributed by atoms with van der Waals surface area (Å²) in [7, 11) is -3.64. The lowest BCUT2D eigenvalue weighted by Gasteiger charge is -2.08. The largest absolute Gasteiger partial charge is 0.310 e. The van der Waals surface area contributed by atoms with E-state index in [-0.39, 0.29) is 5.03 Å². The molecule has 7 heteroatoms. The molecular formula is C13H16N4O2S. The van der Waals surface area contributed by atoms with Crippen LogP contribution in [-0.2, 0) is 16.6 Å². The average molecular weight is 292 g/mol. The SMILES string of the molecule is O=S(=O)(Nc1ccccc1)c1[nH]ncc1CNC1CC1. The minimum absolute atomic E-state index is 0.120. The van der Waals surface area contributed by atoms with Crippen molar-refractivity contribution >= 4 is 15.7 Å². The second-order valence-corrected chi connectivity index (χ2v) is 6.47. The Labute approximate surface area is 117 Å². The maximum Gasteiger partial charge on any atom is 0.279 e. The fourth-order valence-electron chi connectivity index (χ4n) is 1.91. The van der Waals surface area contributed by atoms with Gasteiger partial charge in [0.25, 0.3) is 10.0 Å². The van der Waals surface area contributed by atoms with Gasteiger partial charge in [0, 0.05) is 23.8 Å². The molecule has 0 bridgehead atoms. The number of nitrogens with one attached hydrogen (secondary N) is 3. The van der Waals surface area contributed by atoms with Crippen LogP contribution in [0.3, 0.4) is 0 Å². The lowest BCUT2D eigenvalue weighted by Crippen LogP contribution is -2.19. The lowest BCUT2D eigenvalue weighted by atomic mass is 10.3. The van der Waals surface area contributed by atoms with Gasteiger partial charge in [0.1, 0.15) is 0 Å². The Morgan fingerprint density at radius 3 is 2.70 bits per heavy atom. The quantitative estimate of drug-likeness (QED) is 0.752. The van der Waals surface area contributed by atoms with E-state index < -0.39 is 10.0 Å². The van der Waals surface area contributed by atoms with E-state index in [0.717, 1.165) is 12.8 Å². The molecule has 106 valence electrons. The fourth-order valence-corrected chi connectivity index (χ4v) is 3.10. The molecule has 2 aromatic rings. The first-order valence-corrected chi connectivity index (χ1v) is 7.97. The summed E-state index contributed by atoms with van der Waals surface area (Å²) in [5.41, 5.74) is 1.18. The molecule has 0 amide bonds. The molecule has 0 spiro atoms. The van der Waals surface area contributed by atoms with Gasteiger partial charge in [0.15, 0.2) is 5.03 Å². The van der Waals surface area contributed by atoms with Gasteiger partial charge >= 0.3 is 0 Å². The van der Waals surface area contributed by atoms with Crippen molar-refractivity contribution in [3.8, 4) is 0 Å². The molecule has 0 saturated heterocycles. The number of benzene rings is 1. The van der Waals surface area contributed by atoms with Gasteiger partial charge in [0.2, 0.25) is 0 Å². The molecule has 1 saturated carbocycles. The highest BCUT2D eigenvalue weighted by Gasteiger charge is 2.24. The molecule has 0 radical (unpaired) electrons. The van der Waals surface area contributed by atoms with Gasteiger partial charge in [0.05, 0.1) is 6.20 Å². The molecule has 1 aliphatic rings. The minimum Gasteiger partial charge on any atom is -0.310 e. The maximum absolute atomic E-state index is 12.3. The molecular weight excluding hydrogens is 276 g/mol. The Morgan fingerprint density at radius 1 is 1.25 bits per heavy atom. The standard InChI is InChI=1S/C13H16N4O2S/c18-20(19,17-12-4-2-1-3-5-12)13-10(9-15-16-13)8-14-11-6-7-11/h1-5,9,11,14,17H,6-8H2,(H,15,16). The third-order valence-corrected chi connectivity index (χ3v) is 4.53. The highest BCUT2D eigenvalue weighted by molar-refractivity contribution is 7.92. The highest BCUT2D eigenvalue weighted by atomic mass is 32.2. The Kier molecular flexibility index (Phi) is 3.45. The van der Waals surface area contributed by atoms with E-state index in [2.05, 4.69) is 20.2 Å². The van der Waals surface area contributed by atoms with Crippen molar-refractivity contribution in [1.29, 1.82) is 0 Å². The Hall–Kier alpha value is -1.86. The van der Waals surface area contributed by atoms with Crippen LogP contribution in [0.4, 0.5) is 5.69 Å². The second-order valence-electron chi connectivity index (χ2n) is 4.85. The van der Waals surface area contributed by atoms with Crippen LogP contribution < -0.4 is 10.0 Å². The van der Waals surface area contributed by atoms with Crippen LogP contribution >= 0.6 is 0 Å². The topological polar surface area (TPSA) is 86.9 Å². The molecule has 20 heavy (non-hydrogen) atoms. The Bertz CT molecular complexity index is 677. The predicted molar refractivity (Wildman–Crippen MR) is 75.7 cm³/mol. The van der Waals surface area contributed by atoms with E-state index in [0.29, 0.717) is 23.8 Å². The number of nitrogens with zero attached hydrogens (tertiary/aromatic N) is 1. The summed E-state index contributed by atoms with van der Waals surface area (Å²) in [4.78, 5) is 0. The van der Waals surface area contributed by atoms with Crippen molar-refractivity contribution < 1.29 is 8.42 Å². The highest BCUT2D eigenvalue weighted by Crippen LogP contribution is 2.21. The molecule has 1 aromatic carbocycles. The Balaban J connectivity index is 1.78. The summed E-state index contributed by atoms with van der Waals surface area (Å²) in [6.45, 7) is 0.506. The van der Waals surface area contributed by atoms with Crippen molar-refractivity contribution in [2.45, 2.75) is 30.5 Å². The molecule has 3 N–H and O–H groups in total. The number of anilines is 1. The van der Waals surface area contributed by atoms with Gasteiger partial charge in [-0.2, -0.15) is 13.5 Å². The van der Waals surface area contributed by atoms with Gasteiger partial charge in [-0.3, -0.25) is 9.82 Å². The van der Waals surface area contributed by atoms with Crippen molar-refractivity contribution in [2.24, 2.45) is 0 Å². The summed E-state index contributed by atoms with van der Waals surface area (Å²) >= 11 is 0. The van der Waals surface area contributed by atoms with Gasteiger partial charge in [-0.1, -0.05) is 18.2 Å². The van der Waals surface area contributed by atoms with E-state index >= 15 is 0 Å². The molecule has 0 aliphatic heterocycles. The number of para-hydroxylation sites is 1. The summed E-state index contributed by atoms with van der Waals surface area (Å²) in [6.07, 6.45) is 3.86. The van der Waals surface area contributed by atoms with Crippen molar-refractivity contribution in [1.82, 2.24) is 15.5 Å². The zero-order chi connectivity index (χ0) is 14.0. The number of hydrogen-bond donors (Lipinski definition) is 3. The third kappa shape index (κ3) is 3.00. The molecule has 1 heterocycles. The van der Waals surface area contributed by atoms with Crippen LogP contribution in [-0.4, -0.2) is 24.7 Å². The fraction of sp³-hybridized carbons (Fsp3) is 0.308. The first-order chi connectivity index (χ1) is 9.65. The number of hydrogen-bond acceptors (Lipinski definition) is 4. The van der Waals surface area contributed by atoms with Crippen molar-refractivity contribution in [3.05, 3.63) is 42.1 Å². The normalized spacial score (nSPS) is 15.2. The molecule has 1 aliphatic carbocycles. The molecule has 1 fully saturated rings. The first-order valence-electron chi connectivity index (χ1n) is 6.49. The van der Waals surface area contributed by atoms with Gasteiger partial charge in [-0.25, -0.2) is 0 Å². The van der Waals surface area contributed by atoms with E-state index in [1.807, 2.05) is 6.07 Å². The Morgan fingerprint density at radius 2 is 2.00 bits per heavy atom. The van der Waals surface area contributed by atoms with Crippen LogP contribution in [0.1, 0.15) is 18.4 Å². The zero-order valence-corrected chi connectivity index (χ0v) is 11.7. The smallest absolute Gasteiger partial charge is 0.279 e. The van der Waals surface area contributed by atoms with Gasteiger partial charge in [-0.05, 0) is 25.0 Å². The number of aromatic nitrogens is 2. The predicted octanol–water partition coefficient (Wildman–Crippen LogP) is 1.46. The van der Waals surface area contributed by atoms with Gasteiger partial charge in [-0.15, -0.1) is 0 Å².